The summed E-state index contributed by atoms with van der Waals surface area (Å²) < 4.78 is 10.7. The Morgan fingerprint density at radius 3 is 2.47 bits per heavy atom. The lowest BCUT2D eigenvalue weighted by Gasteiger charge is -2.11. The second-order valence-electron chi connectivity index (χ2n) is 4.16. The highest BCUT2D eigenvalue weighted by Gasteiger charge is 1.96. The Labute approximate surface area is 134 Å². The van der Waals surface area contributed by atoms with Gasteiger partial charge in [-0.25, -0.2) is 0 Å². The number of nitrogens with one attached hydrogen (secondary N) is 2. The zero-order valence-electron chi connectivity index (χ0n) is 12.7. The van der Waals surface area contributed by atoms with Crippen LogP contribution in [0.15, 0.2) is 4.99 Å². The molecular formula is C13H30IN3O2. The first-order valence-corrected chi connectivity index (χ1v) is 6.92. The third-order valence-electron chi connectivity index (χ3n) is 2.11. The molecular weight excluding hydrogens is 357 g/mol. The summed E-state index contributed by atoms with van der Waals surface area (Å²) in [4.78, 5) is 4.47. The highest BCUT2D eigenvalue weighted by molar-refractivity contribution is 14.0. The maximum absolute atomic E-state index is 5.47. The maximum Gasteiger partial charge on any atom is 0.191 e. The van der Waals surface area contributed by atoms with Crippen LogP contribution in [-0.4, -0.2) is 51.5 Å². The smallest absolute Gasteiger partial charge is 0.191 e. The third kappa shape index (κ3) is 15.9. The van der Waals surface area contributed by atoms with Gasteiger partial charge in [-0.05, 0) is 34.1 Å². The number of nitrogens with zero attached hydrogens (tertiary/aromatic N) is 1. The fraction of sp³-hybridized carbons (Fsp3) is 0.923. The van der Waals surface area contributed by atoms with E-state index in [2.05, 4.69) is 22.5 Å². The topological polar surface area (TPSA) is 54.9 Å². The molecule has 0 atom stereocenters. The van der Waals surface area contributed by atoms with Crippen molar-refractivity contribution in [1.29, 1.82) is 0 Å². The van der Waals surface area contributed by atoms with Gasteiger partial charge in [0.1, 0.15) is 0 Å². The Bertz CT molecular complexity index is 214. The van der Waals surface area contributed by atoms with Gasteiger partial charge in [-0.1, -0.05) is 0 Å². The molecule has 0 unspecified atom stereocenters. The van der Waals surface area contributed by atoms with E-state index in [1.54, 1.807) is 0 Å². The van der Waals surface area contributed by atoms with E-state index >= 15 is 0 Å². The molecule has 116 valence electrons. The van der Waals surface area contributed by atoms with Crippen LogP contribution in [0, 0.1) is 0 Å². The highest BCUT2D eigenvalue weighted by Crippen LogP contribution is 1.90. The quantitative estimate of drug-likeness (QED) is 0.261. The zero-order valence-corrected chi connectivity index (χ0v) is 15.0. The van der Waals surface area contributed by atoms with Crippen molar-refractivity contribution in [3.63, 3.8) is 0 Å². The first-order chi connectivity index (χ1) is 8.70. The Morgan fingerprint density at radius 2 is 1.89 bits per heavy atom. The molecule has 0 saturated carbocycles. The molecule has 0 aliphatic rings. The minimum Gasteiger partial charge on any atom is -0.380 e. The highest BCUT2D eigenvalue weighted by atomic mass is 127. The van der Waals surface area contributed by atoms with Crippen LogP contribution >= 0.6 is 24.0 Å². The van der Waals surface area contributed by atoms with Gasteiger partial charge in [0.25, 0.3) is 0 Å². The summed E-state index contributed by atoms with van der Waals surface area (Å²) in [5.41, 5.74) is 0. The lowest BCUT2D eigenvalue weighted by atomic mass is 10.4. The first-order valence-electron chi connectivity index (χ1n) is 6.92. The van der Waals surface area contributed by atoms with E-state index in [9.17, 15) is 0 Å². The molecule has 0 saturated heterocycles. The van der Waals surface area contributed by atoms with Crippen LogP contribution in [0.4, 0.5) is 0 Å². The van der Waals surface area contributed by atoms with Crippen LogP contribution in [0.1, 0.15) is 34.1 Å². The van der Waals surface area contributed by atoms with Gasteiger partial charge < -0.3 is 20.1 Å². The second kappa shape index (κ2) is 16.0. The summed E-state index contributed by atoms with van der Waals surface area (Å²) in [6, 6.07) is 0. The summed E-state index contributed by atoms with van der Waals surface area (Å²) in [7, 11) is 0. The van der Waals surface area contributed by atoms with E-state index in [0.717, 1.165) is 45.2 Å². The summed E-state index contributed by atoms with van der Waals surface area (Å²) in [5.74, 6) is 0.849. The van der Waals surface area contributed by atoms with Crippen LogP contribution in [-0.2, 0) is 9.47 Å². The molecule has 5 nitrogen and oxygen atoms in total. The van der Waals surface area contributed by atoms with E-state index in [0.29, 0.717) is 12.7 Å². The average molecular weight is 387 g/mol. The number of hydrogen-bond donors (Lipinski definition) is 2. The predicted octanol–water partition coefficient (Wildman–Crippen LogP) is 2.01. The Kier molecular flexibility index (Phi) is 17.8. The molecule has 0 aromatic carbocycles. The van der Waals surface area contributed by atoms with Gasteiger partial charge in [-0.3, -0.25) is 4.99 Å². The van der Waals surface area contributed by atoms with Crippen molar-refractivity contribution in [2.75, 3.05) is 39.5 Å². The van der Waals surface area contributed by atoms with Crippen LogP contribution in [0.3, 0.4) is 0 Å². The number of ether oxygens (including phenoxy) is 2. The number of hydrogen-bond acceptors (Lipinski definition) is 3. The Hall–Kier alpha value is -0.0800. The number of aliphatic imine (C=N–C) groups is 1. The largest absolute Gasteiger partial charge is 0.380 e. The number of rotatable bonds is 10. The van der Waals surface area contributed by atoms with E-state index < -0.39 is 0 Å². The van der Waals surface area contributed by atoms with Crippen molar-refractivity contribution in [1.82, 2.24) is 10.6 Å². The minimum atomic E-state index is 0. The van der Waals surface area contributed by atoms with Crippen LogP contribution in [0.5, 0.6) is 0 Å². The zero-order chi connectivity index (χ0) is 13.6. The molecule has 0 aromatic heterocycles. The van der Waals surface area contributed by atoms with Crippen molar-refractivity contribution in [3.8, 4) is 0 Å². The van der Waals surface area contributed by atoms with E-state index in [4.69, 9.17) is 9.47 Å². The standard InChI is InChI=1S/C13H29N3O2.HI/c1-5-14-13(16-9-11-17-6-2)15-8-7-10-18-12(3)4;/h12H,5-11H2,1-4H3,(H2,14,15,16);1H. The third-order valence-corrected chi connectivity index (χ3v) is 2.11. The SMILES string of the molecule is CCNC(=NCCCOC(C)C)NCCOCC.I. The molecule has 0 fully saturated rings. The molecule has 0 aliphatic carbocycles. The molecule has 0 amide bonds. The lowest BCUT2D eigenvalue weighted by molar-refractivity contribution is 0.0782. The van der Waals surface area contributed by atoms with Crippen LogP contribution < -0.4 is 10.6 Å². The van der Waals surface area contributed by atoms with Crippen LogP contribution in [0.2, 0.25) is 0 Å². The second-order valence-corrected chi connectivity index (χ2v) is 4.16. The van der Waals surface area contributed by atoms with Crippen molar-refractivity contribution in [2.45, 2.75) is 40.2 Å². The molecule has 0 spiro atoms. The van der Waals surface area contributed by atoms with Crippen molar-refractivity contribution in [3.05, 3.63) is 0 Å². The normalized spacial score (nSPS) is 11.3. The monoisotopic (exact) mass is 387 g/mol. The molecule has 0 aliphatic heterocycles. The van der Waals surface area contributed by atoms with Crippen molar-refractivity contribution in [2.24, 2.45) is 4.99 Å². The van der Waals surface area contributed by atoms with Crippen molar-refractivity contribution < 1.29 is 9.47 Å². The summed E-state index contributed by atoms with van der Waals surface area (Å²) in [5, 5.41) is 6.43. The summed E-state index contributed by atoms with van der Waals surface area (Å²) >= 11 is 0. The number of guanidine groups is 1. The molecule has 6 heteroatoms. The van der Waals surface area contributed by atoms with Gasteiger partial charge in [0.05, 0.1) is 12.7 Å². The Morgan fingerprint density at radius 1 is 1.16 bits per heavy atom. The van der Waals surface area contributed by atoms with Gasteiger partial charge in [-0.15, -0.1) is 24.0 Å². The lowest BCUT2D eigenvalue weighted by Crippen LogP contribution is -2.39. The van der Waals surface area contributed by atoms with Gasteiger partial charge in [-0.2, -0.15) is 0 Å². The van der Waals surface area contributed by atoms with E-state index in [1.165, 1.54) is 0 Å². The Balaban J connectivity index is 0. The summed E-state index contributed by atoms with van der Waals surface area (Å²) in [6.07, 6.45) is 1.24. The van der Waals surface area contributed by atoms with Gasteiger partial charge in [0, 0.05) is 32.8 Å². The summed E-state index contributed by atoms with van der Waals surface area (Å²) in [6.45, 7) is 12.8. The molecule has 0 radical (unpaired) electrons. The molecule has 2 N–H and O–H groups in total. The van der Waals surface area contributed by atoms with Crippen molar-refractivity contribution >= 4 is 29.9 Å². The predicted molar refractivity (Wildman–Crippen MR) is 91.6 cm³/mol. The minimum absolute atomic E-state index is 0. The van der Waals surface area contributed by atoms with Gasteiger partial charge >= 0.3 is 0 Å². The number of halogens is 1. The molecule has 0 rings (SSSR count). The fourth-order valence-corrected chi connectivity index (χ4v) is 1.30. The first kappa shape index (κ1) is 21.2. The molecule has 0 bridgehead atoms. The molecule has 19 heavy (non-hydrogen) atoms. The van der Waals surface area contributed by atoms with Crippen LogP contribution in [0.25, 0.3) is 0 Å². The van der Waals surface area contributed by atoms with Gasteiger partial charge in [0.2, 0.25) is 0 Å². The fourth-order valence-electron chi connectivity index (χ4n) is 1.30. The maximum atomic E-state index is 5.47. The van der Waals surface area contributed by atoms with Gasteiger partial charge in [0.15, 0.2) is 5.96 Å². The van der Waals surface area contributed by atoms with E-state index in [-0.39, 0.29) is 24.0 Å². The average Bonchev–Trinajstić information content (AvgIpc) is 2.33. The van der Waals surface area contributed by atoms with E-state index in [1.807, 2.05) is 20.8 Å². The molecule has 0 heterocycles. The molecule has 0 aromatic rings.